The summed E-state index contributed by atoms with van der Waals surface area (Å²) in [4.78, 5) is 32.7. The minimum atomic E-state index is -0.685. The van der Waals surface area contributed by atoms with Gasteiger partial charge in [-0.2, -0.15) is 0 Å². The maximum Gasteiger partial charge on any atom is 0.358 e. The van der Waals surface area contributed by atoms with Gasteiger partial charge in [0.05, 0.1) is 11.9 Å². The highest BCUT2D eigenvalue weighted by Crippen LogP contribution is 2.34. The van der Waals surface area contributed by atoms with Crippen LogP contribution in [0.2, 0.25) is 0 Å². The SMILES string of the molecule is Cc1cnc(C(=O)OCC(=O)c2cc(C)n(-c3ccc4c(c3)OCO4)c2C)cn1. The lowest BCUT2D eigenvalue weighted by atomic mass is 10.1. The van der Waals surface area contributed by atoms with E-state index < -0.39 is 5.97 Å². The molecule has 0 radical (unpaired) electrons. The largest absolute Gasteiger partial charge is 0.454 e. The van der Waals surface area contributed by atoms with E-state index in [0.717, 1.165) is 17.1 Å². The molecule has 0 saturated carbocycles. The van der Waals surface area contributed by atoms with E-state index in [1.165, 1.54) is 12.4 Å². The van der Waals surface area contributed by atoms with Crippen LogP contribution in [0.1, 0.15) is 37.9 Å². The van der Waals surface area contributed by atoms with Crippen LogP contribution in [-0.4, -0.2) is 39.7 Å². The first-order chi connectivity index (χ1) is 13.9. The van der Waals surface area contributed by atoms with E-state index in [-0.39, 0.29) is 24.9 Å². The lowest BCUT2D eigenvalue weighted by Gasteiger charge is -2.11. The molecule has 29 heavy (non-hydrogen) atoms. The molecule has 0 amide bonds. The van der Waals surface area contributed by atoms with Crippen molar-refractivity contribution in [2.75, 3.05) is 13.4 Å². The number of carbonyl (C=O) groups excluding carboxylic acids is 2. The fraction of sp³-hybridized carbons (Fsp3) is 0.238. The van der Waals surface area contributed by atoms with Gasteiger partial charge in [-0.25, -0.2) is 9.78 Å². The minimum Gasteiger partial charge on any atom is -0.454 e. The molecule has 8 nitrogen and oxygen atoms in total. The molecule has 0 fully saturated rings. The summed E-state index contributed by atoms with van der Waals surface area (Å²) in [5, 5.41) is 0. The molecule has 0 spiro atoms. The van der Waals surface area contributed by atoms with Crippen LogP contribution in [-0.2, 0) is 4.74 Å². The molecule has 1 aliphatic heterocycles. The first-order valence-corrected chi connectivity index (χ1v) is 9.02. The third kappa shape index (κ3) is 3.56. The first kappa shape index (κ1) is 18.7. The van der Waals surface area contributed by atoms with E-state index in [9.17, 15) is 9.59 Å². The van der Waals surface area contributed by atoms with Crippen molar-refractivity contribution in [1.29, 1.82) is 0 Å². The minimum absolute atomic E-state index is 0.0641. The predicted molar refractivity (Wildman–Crippen MR) is 103 cm³/mol. The number of ketones is 1. The molecule has 1 aliphatic rings. The topological polar surface area (TPSA) is 92.5 Å². The molecule has 148 valence electrons. The Hall–Kier alpha value is -3.68. The van der Waals surface area contributed by atoms with Crippen LogP contribution in [0, 0.1) is 20.8 Å². The zero-order valence-electron chi connectivity index (χ0n) is 16.3. The van der Waals surface area contributed by atoms with Gasteiger partial charge in [0, 0.05) is 34.9 Å². The van der Waals surface area contributed by atoms with E-state index in [0.29, 0.717) is 22.8 Å². The number of carbonyl (C=O) groups is 2. The third-order valence-corrected chi connectivity index (χ3v) is 4.67. The molecule has 3 aromatic rings. The van der Waals surface area contributed by atoms with Gasteiger partial charge in [0.25, 0.3) is 0 Å². The van der Waals surface area contributed by atoms with Crippen molar-refractivity contribution in [1.82, 2.24) is 14.5 Å². The Morgan fingerprint density at radius 2 is 1.86 bits per heavy atom. The second kappa shape index (κ2) is 7.38. The number of hydrogen-bond donors (Lipinski definition) is 0. The Balaban J connectivity index is 1.52. The Bertz CT molecular complexity index is 1100. The lowest BCUT2D eigenvalue weighted by Crippen LogP contribution is -2.16. The van der Waals surface area contributed by atoms with Gasteiger partial charge in [0.1, 0.15) is 0 Å². The average Bonchev–Trinajstić information content (AvgIpc) is 3.29. The maximum absolute atomic E-state index is 12.7. The fourth-order valence-corrected chi connectivity index (χ4v) is 3.25. The van der Waals surface area contributed by atoms with Crippen LogP contribution in [0.25, 0.3) is 5.69 Å². The fourth-order valence-electron chi connectivity index (χ4n) is 3.25. The molecule has 4 rings (SSSR count). The molecule has 0 unspecified atom stereocenters. The van der Waals surface area contributed by atoms with Crippen LogP contribution in [0.4, 0.5) is 0 Å². The normalized spacial score (nSPS) is 12.1. The van der Waals surface area contributed by atoms with Crippen molar-refractivity contribution >= 4 is 11.8 Å². The Morgan fingerprint density at radius 1 is 1.07 bits per heavy atom. The molecule has 0 bridgehead atoms. The molecule has 3 heterocycles. The molecule has 2 aromatic heterocycles. The quantitative estimate of drug-likeness (QED) is 0.486. The van der Waals surface area contributed by atoms with E-state index in [4.69, 9.17) is 14.2 Å². The summed E-state index contributed by atoms with van der Waals surface area (Å²) in [5.74, 6) is 0.378. The molecule has 0 aliphatic carbocycles. The van der Waals surface area contributed by atoms with Gasteiger partial charge >= 0.3 is 5.97 Å². The van der Waals surface area contributed by atoms with Gasteiger partial charge in [-0.3, -0.25) is 9.78 Å². The standard InChI is InChI=1S/C21H19N3O5/c1-12-8-23-17(9-22-12)21(26)27-10-18(25)16-6-13(2)24(14(16)3)15-4-5-19-20(7-15)29-11-28-19/h4-9H,10-11H2,1-3H3. The monoisotopic (exact) mass is 393 g/mol. The number of aromatic nitrogens is 3. The van der Waals surface area contributed by atoms with Crippen molar-refractivity contribution in [3.63, 3.8) is 0 Å². The van der Waals surface area contributed by atoms with E-state index in [1.54, 1.807) is 13.0 Å². The van der Waals surface area contributed by atoms with Gasteiger partial charge in [-0.05, 0) is 39.0 Å². The Kier molecular flexibility index (Phi) is 4.75. The number of benzene rings is 1. The highest BCUT2D eigenvalue weighted by Gasteiger charge is 2.21. The smallest absolute Gasteiger partial charge is 0.358 e. The number of aryl methyl sites for hydroxylation is 2. The first-order valence-electron chi connectivity index (χ1n) is 9.02. The number of fused-ring (bicyclic) bond motifs is 1. The molecular weight excluding hydrogens is 374 g/mol. The van der Waals surface area contributed by atoms with Crippen molar-refractivity contribution in [2.24, 2.45) is 0 Å². The highest BCUT2D eigenvalue weighted by atomic mass is 16.7. The number of nitrogens with zero attached hydrogens (tertiary/aromatic N) is 3. The van der Waals surface area contributed by atoms with Gasteiger partial charge in [0.2, 0.25) is 12.6 Å². The summed E-state index contributed by atoms with van der Waals surface area (Å²) in [6.07, 6.45) is 2.80. The third-order valence-electron chi connectivity index (χ3n) is 4.67. The number of esters is 1. The van der Waals surface area contributed by atoms with Gasteiger partial charge in [-0.15, -0.1) is 0 Å². The van der Waals surface area contributed by atoms with Crippen LogP contribution in [0.3, 0.4) is 0 Å². The highest BCUT2D eigenvalue weighted by molar-refractivity contribution is 6.00. The zero-order chi connectivity index (χ0) is 20.5. The van der Waals surface area contributed by atoms with E-state index in [1.807, 2.05) is 36.6 Å². The molecule has 1 aromatic carbocycles. The van der Waals surface area contributed by atoms with E-state index in [2.05, 4.69) is 9.97 Å². The molecule has 0 N–H and O–H groups in total. The average molecular weight is 393 g/mol. The van der Waals surface area contributed by atoms with E-state index >= 15 is 0 Å². The van der Waals surface area contributed by atoms with Crippen molar-refractivity contribution in [2.45, 2.75) is 20.8 Å². The van der Waals surface area contributed by atoms with Gasteiger partial charge in [0.15, 0.2) is 23.8 Å². The Labute approximate surface area is 167 Å². The van der Waals surface area contributed by atoms with Gasteiger partial charge < -0.3 is 18.8 Å². The van der Waals surface area contributed by atoms with Crippen LogP contribution >= 0.6 is 0 Å². The number of Topliss-reactive ketones (excluding diaryl/α,β-unsaturated/α-hetero) is 1. The second-order valence-corrected chi connectivity index (χ2v) is 6.70. The number of rotatable bonds is 5. The summed E-state index contributed by atoms with van der Waals surface area (Å²) >= 11 is 0. The summed E-state index contributed by atoms with van der Waals surface area (Å²) in [6, 6.07) is 7.38. The molecule has 0 saturated heterocycles. The maximum atomic E-state index is 12.7. The van der Waals surface area contributed by atoms with Crippen LogP contribution < -0.4 is 9.47 Å². The van der Waals surface area contributed by atoms with Crippen molar-refractivity contribution < 1.29 is 23.8 Å². The second-order valence-electron chi connectivity index (χ2n) is 6.70. The summed E-state index contributed by atoms with van der Waals surface area (Å²) in [7, 11) is 0. The molecule has 0 atom stereocenters. The summed E-state index contributed by atoms with van der Waals surface area (Å²) in [6.45, 7) is 5.34. The summed E-state index contributed by atoms with van der Waals surface area (Å²) in [5.41, 5.74) is 3.72. The zero-order valence-corrected chi connectivity index (χ0v) is 16.3. The number of hydrogen-bond acceptors (Lipinski definition) is 7. The molecular formula is C21H19N3O5. The van der Waals surface area contributed by atoms with Crippen molar-refractivity contribution in [3.8, 4) is 17.2 Å². The van der Waals surface area contributed by atoms with Crippen LogP contribution in [0.15, 0.2) is 36.7 Å². The number of ether oxygens (including phenoxy) is 3. The Morgan fingerprint density at radius 3 is 2.62 bits per heavy atom. The van der Waals surface area contributed by atoms with Gasteiger partial charge in [-0.1, -0.05) is 0 Å². The summed E-state index contributed by atoms with van der Waals surface area (Å²) < 4.78 is 17.8. The predicted octanol–water partition coefficient (Wildman–Crippen LogP) is 2.96. The lowest BCUT2D eigenvalue weighted by molar-refractivity contribution is 0.0468. The molecule has 8 heteroatoms. The van der Waals surface area contributed by atoms with Crippen molar-refractivity contribution in [3.05, 3.63) is 65.0 Å². The van der Waals surface area contributed by atoms with Crippen LogP contribution in [0.5, 0.6) is 11.5 Å².